The Kier molecular flexibility index (Phi) is 6.28. The zero-order chi connectivity index (χ0) is 16.5. The van der Waals surface area contributed by atoms with Crippen LogP contribution in [0.3, 0.4) is 0 Å². The van der Waals surface area contributed by atoms with E-state index in [-0.39, 0.29) is 6.61 Å². The maximum atomic E-state index is 11.5. The molecule has 0 aliphatic heterocycles. The number of carbonyl (C=O) groups is 1. The number of rotatable bonds is 4. The molecule has 0 atom stereocenters. The summed E-state index contributed by atoms with van der Waals surface area (Å²) in [7, 11) is 0. The number of nitrogens with one attached hydrogen (secondary N) is 1. The first-order chi connectivity index (χ1) is 11.1. The molecule has 118 valence electrons. The molecule has 1 amide bonds. The predicted molar refractivity (Wildman–Crippen MR) is 89.8 cm³/mol. The number of amides is 1. The molecule has 0 aliphatic carbocycles. The van der Waals surface area contributed by atoms with Crippen molar-refractivity contribution in [2.75, 3.05) is 12.3 Å². The fourth-order valence-corrected chi connectivity index (χ4v) is 1.87. The van der Waals surface area contributed by atoms with Gasteiger partial charge in [0.1, 0.15) is 12.4 Å². The molecule has 2 aromatic rings. The van der Waals surface area contributed by atoms with E-state index in [0.29, 0.717) is 29.4 Å². The van der Waals surface area contributed by atoms with Crippen molar-refractivity contribution in [3.8, 4) is 11.8 Å². The molecule has 1 aromatic carbocycles. The molecule has 5 nitrogen and oxygen atoms in total. The van der Waals surface area contributed by atoms with E-state index in [1.54, 1.807) is 6.07 Å². The first-order valence-electron chi connectivity index (χ1n) is 6.99. The number of halogens is 1. The zero-order valence-corrected chi connectivity index (χ0v) is 13.1. The molecule has 2 rings (SSSR count). The van der Waals surface area contributed by atoms with Gasteiger partial charge in [-0.1, -0.05) is 53.8 Å². The number of nitrogens with zero attached hydrogens (tertiary/aromatic N) is 1. The van der Waals surface area contributed by atoms with E-state index in [1.807, 2.05) is 30.3 Å². The lowest BCUT2D eigenvalue weighted by Gasteiger charge is -2.05. The van der Waals surface area contributed by atoms with Crippen LogP contribution in [0.15, 0.2) is 42.6 Å². The summed E-state index contributed by atoms with van der Waals surface area (Å²) in [6, 6.07) is 11.1. The highest BCUT2D eigenvalue weighted by Gasteiger charge is 2.01. The monoisotopic (exact) mass is 329 g/mol. The number of nitrogen functional groups attached to an aromatic ring is 1. The van der Waals surface area contributed by atoms with Crippen molar-refractivity contribution in [1.29, 1.82) is 0 Å². The van der Waals surface area contributed by atoms with Gasteiger partial charge in [-0.15, -0.1) is 0 Å². The molecule has 3 N–H and O–H groups in total. The largest absolute Gasteiger partial charge is 0.445 e. The lowest BCUT2D eigenvalue weighted by Crippen LogP contribution is -2.24. The minimum atomic E-state index is -0.473. The predicted octanol–water partition coefficient (Wildman–Crippen LogP) is 2.99. The summed E-state index contributed by atoms with van der Waals surface area (Å²) >= 11 is 5.82. The number of ether oxygens (including phenoxy) is 1. The van der Waals surface area contributed by atoms with Crippen LogP contribution in [0.1, 0.15) is 17.5 Å². The number of alkyl carbamates (subject to hydrolysis) is 1. The van der Waals surface area contributed by atoms with Crippen LogP contribution in [0.5, 0.6) is 0 Å². The van der Waals surface area contributed by atoms with Gasteiger partial charge in [0, 0.05) is 19.2 Å². The van der Waals surface area contributed by atoms with Crippen molar-refractivity contribution in [2.24, 2.45) is 0 Å². The Morgan fingerprint density at radius 3 is 2.91 bits per heavy atom. The summed E-state index contributed by atoms with van der Waals surface area (Å²) < 4.78 is 5.08. The highest BCUT2D eigenvalue weighted by atomic mass is 35.5. The first-order valence-corrected chi connectivity index (χ1v) is 7.37. The molecular formula is C17H16ClN3O2. The number of benzene rings is 1. The van der Waals surface area contributed by atoms with E-state index in [9.17, 15) is 4.79 Å². The molecule has 0 fully saturated rings. The molecule has 0 saturated heterocycles. The number of carbonyl (C=O) groups excluding carboxylic acids is 1. The Morgan fingerprint density at radius 2 is 2.13 bits per heavy atom. The van der Waals surface area contributed by atoms with E-state index in [4.69, 9.17) is 22.1 Å². The van der Waals surface area contributed by atoms with Crippen molar-refractivity contribution in [1.82, 2.24) is 10.3 Å². The van der Waals surface area contributed by atoms with Crippen LogP contribution in [0.4, 0.5) is 10.6 Å². The van der Waals surface area contributed by atoms with Crippen LogP contribution in [0.25, 0.3) is 0 Å². The Balaban J connectivity index is 1.70. The summed E-state index contributed by atoms with van der Waals surface area (Å²) in [5, 5.41) is 3.11. The third-order valence-electron chi connectivity index (χ3n) is 2.84. The van der Waals surface area contributed by atoms with Crippen LogP contribution in [-0.2, 0) is 11.3 Å². The van der Waals surface area contributed by atoms with E-state index < -0.39 is 6.09 Å². The lowest BCUT2D eigenvalue weighted by atomic mass is 10.2. The molecule has 23 heavy (non-hydrogen) atoms. The summed E-state index contributed by atoms with van der Waals surface area (Å²) in [4.78, 5) is 15.4. The van der Waals surface area contributed by atoms with Crippen molar-refractivity contribution >= 4 is 23.5 Å². The van der Waals surface area contributed by atoms with Crippen LogP contribution in [0, 0.1) is 11.8 Å². The second-order valence-electron chi connectivity index (χ2n) is 4.63. The normalized spacial score (nSPS) is 9.61. The highest BCUT2D eigenvalue weighted by molar-refractivity contribution is 6.30. The number of hydrogen-bond acceptors (Lipinski definition) is 4. The van der Waals surface area contributed by atoms with Crippen LogP contribution in [-0.4, -0.2) is 17.6 Å². The van der Waals surface area contributed by atoms with E-state index in [2.05, 4.69) is 22.1 Å². The topological polar surface area (TPSA) is 77.2 Å². The van der Waals surface area contributed by atoms with Crippen LogP contribution in [0.2, 0.25) is 5.02 Å². The Bertz CT molecular complexity index is 724. The van der Waals surface area contributed by atoms with Crippen molar-refractivity contribution < 1.29 is 9.53 Å². The van der Waals surface area contributed by atoms with Crippen molar-refractivity contribution in [2.45, 2.75) is 13.0 Å². The third-order valence-corrected chi connectivity index (χ3v) is 3.05. The fourth-order valence-electron chi connectivity index (χ4n) is 1.71. The molecule has 0 spiro atoms. The molecular weight excluding hydrogens is 314 g/mol. The second-order valence-corrected chi connectivity index (χ2v) is 5.06. The van der Waals surface area contributed by atoms with Crippen LogP contribution < -0.4 is 11.1 Å². The molecule has 0 unspecified atom stereocenters. The van der Waals surface area contributed by atoms with Gasteiger partial charge in [-0.3, -0.25) is 0 Å². The third kappa shape index (κ3) is 5.89. The SMILES string of the molecule is Nc1ncc(Cl)cc1C#CCCNC(=O)OCc1ccccc1. The summed E-state index contributed by atoms with van der Waals surface area (Å²) in [6.07, 6.45) is 1.46. The Hall–Kier alpha value is -2.71. The number of pyridine rings is 1. The van der Waals surface area contributed by atoms with Crippen molar-refractivity contribution in [3.05, 3.63) is 58.7 Å². The number of hydrogen-bond donors (Lipinski definition) is 2. The molecule has 1 aromatic heterocycles. The van der Waals surface area contributed by atoms with Gasteiger partial charge < -0.3 is 15.8 Å². The number of aromatic nitrogens is 1. The fraction of sp³-hybridized carbons (Fsp3) is 0.176. The average Bonchev–Trinajstić information content (AvgIpc) is 2.56. The number of anilines is 1. The zero-order valence-electron chi connectivity index (χ0n) is 12.4. The maximum Gasteiger partial charge on any atom is 0.407 e. The van der Waals surface area contributed by atoms with Gasteiger partial charge in [-0.25, -0.2) is 9.78 Å². The molecule has 0 radical (unpaired) electrons. The second kappa shape index (κ2) is 8.66. The average molecular weight is 330 g/mol. The van der Waals surface area contributed by atoms with Crippen LogP contribution >= 0.6 is 11.6 Å². The van der Waals surface area contributed by atoms with Gasteiger partial charge >= 0.3 is 6.09 Å². The van der Waals surface area contributed by atoms with Gasteiger partial charge in [0.2, 0.25) is 0 Å². The summed E-state index contributed by atoms with van der Waals surface area (Å²) in [5.74, 6) is 6.10. The van der Waals surface area contributed by atoms with Gasteiger partial charge in [0.25, 0.3) is 0 Å². The summed E-state index contributed by atoms with van der Waals surface area (Å²) in [5.41, 5.74) is 7.19. The van der Waals surface area contributed by atoms with Gasteiger partial charge in [-0.2, -0.15) is 0 Å². The van der Waals surface area contributed by atoms with Gasteiger partial charge in [0.05, 0.1) is 10.6 Å². The van der Waals surface area contributed by atoms with Crippen molar-refractivity contribution in [3.63, 3.8) is 0 Å². The Labute approximate surface area is 139 Å². The minimum Gasteiger partial charge on any atom is -0.445 e. The quantitative estimate of drug-likeness (QED) is 0.667. The number of nitrogens with two attached hydrogens (primary N) is 1. The Morgan fingerprint density at radius 1 is 1.35 bits per heavy atom. The van der Waals surface area contributed by atoms with Gasteiger partial charge in [0.15, 0.2) is 0 Å². The first kappa shape index (κ1) is 16.7. The summed E-state index contributed by atoms with van der Waals surface area (Å²) in [6.45, 7) is 0.623. The molecule has 1 heterocycles. The molecule has 0 saturated carbocycles. The van der Waals surface area contributed by atoms with E-state index >= 15 is 0 Å². The molecule has 0 bridgehead atoms. The smallest absolute Gasteiger partial charge is 0.407 e. The highest BCUT2D eigenvalue weighted by Crippen LogP contribution is 2.13. The minimum absolute atomic E-state index is 0.239. The maximum absolute atomic E-state index is 11.5. The van der Waals surface area contributed by atoms with E-state index in [1.165, 1.54) is 6.20 Å². The van der Waals surface area contributed by atoms with Gasteiger partial charge in [-0.05, 0) is 11.6 Å². The standard InChI is InChI=1S/C17H16ClN3O2/c18-15-10-14(16(19)21-11-15)8-4-5-9-20-17(22)23-12-13-6-2-1-3-7-13/h1-3,6-7,10-11H,5,9,12H2,(H2,19,21)(H,20,22). The lowest BCUT2D eigenvalue weighted by molar-refractivity contribution is 0.140. The molecule has 6 heteroatoms. The van der Waals surface area contributed by atoms with E-state index in [0.717, 1.165) is 5.56 Å². The molecule has 0 aliphatic rings.